The van der Waals surface area contributed by atoms with Crippen molar-refractivity contribution in [1.82, 2.24) is 34.5 Å². The number of rotatable bonds is 6. The number of carbonyl (C=O) groups excluding carboxylic acids is 1. The van der Waals surface area contributed by atoms with E-state index in [0.717, 1.165) is 73.2 Å². The molecule has 4 aromatic rings. The number of aromatic nitrogens is 5. The molecule has 0 spiro atoms. The zero-order valence-corrected chi connectivity index (χ0v) is 20.6. The molecule has 10 nitrogen and oxygen atoms in total. The second-order valence-electron chi connectivity index (χ2n) is 9.37. The molecule has 2 aliphatic heterocycles. The second-order valence-corrected chi connectivity index (χ2v) is 9.37. The normalized spacial score (nSPS) is 16.0. The molecule has 0 unspecified atom stereocenters. The van der Waals surface area contributed by atoms with Crippen molar-refractivity contribution in [3.8, 4) is 0 Å². The highest BCUT2D eigenvalue weighted by Gasteiger charge is 2.20. The Bertz CT molecular complexity index is 1420. The predicted octanol–water partition coefficient (Wildman–Crippen LogP) is 2.82. The van der Waals surface area contributed by atoms with E-state index in [1.54, 1.807) is 12.7 Å². The van der Waals surface area contributed by atoms with E-state index in [0.29, 0.717) is 13.1 Å². The number of hydrogen-bond donors (Lipinski definition) is 1. The molecule has 1 N–H and O–H groups in total. The van der Waals surface area contributed by atoms with E-state index in [9.17, 15) is 4.79 Å². The minimum atomic E-state index is -0.00976. The fourth-order valence-corrected chi connectivity index (χ4v) is 4.99. The highest BCUT2D eigenvalue weighted by Crippen LogP contribution is 2.28. The van der Waals surface area contributed by atoms with E-state index < -0.39 is 0 Å². The van der Waals surface area contributed by atoms with Crippen LogP contribution in [0.4, 0.5) is 17.2 Å². The van der Waals surface area contributed by atoms with Gasteiger partial charge in [0.15, 0.2) is 0 Å². The molecule has 2 aliphatic rings. The maximum atomic E-state index is 11.9. The van der Waals surface area contributed by atoms with Crippen LogP contribution < -0.4 is 10.2 Å². The number of hydrogen-bond acceptors (Lipinski definition) is 8. The van der Waals surface area contributed by atoms with Crippen molar-refractivity contribution in [3.63, 3.8) is 0 Å². The van der Waals surface area contributed by atoms with E-state index in [-0.39, 0.29) is 5.91 Å². The van der Waals surface area contributed by atoms with Crippen LogP contribution in [0.15, 0.2) is 67.8 Å². The van der Waals surface area contributed by atoms with E-state index in [1.165, 1.54) is 11.6 Å². The third-order valence-corrected chi connectivity index (χ3v) is 7.06. The quantitative estimate of drug-likeness (QED) is 0.408. The molecule has 0 radical (unpaired) electrons. The molecule has 4 heterocycles. The number of carbonyl (C=O) groups is 1. The van der Waals surface area contributed by atoms with Crippen molar-refractivity contribution in [2.75, 3.05) is 42.9 Å². The van der Waals surface area contributed by atoms with Gasteiger partial charge in [0.25, 0.3) is 0 Å². The highest BCUT2D eigenvalue weighted by molar-refractivity contribution is 5.93. The van der Waals surface area contributed by atoms with E-state index in [2.05, 4.69) is 78.1 Å². The molecule has 0 bridgehead atoms. The van der Waals surface area contributed by atoms with Gasteiger partial charge in [-0.1, -0.05) is 18.7 Å². The minimum Gasteiger partial charge on any atom is -0.368 e. The average Bonchev–Trinajstić information content (AvgIpc) is 3.42. The van der Waals surface area contributed by atoms with Crippen LogP contribution in [-0.4, -0.2) is 73.2 Å². The van der Waals surface area contributed by atoms with Crippen molar-refractivity contribution in [1.29, 1.82) is 0 Å². The maximum Gasteiger partial charge on any atom is 0.246 e. The number of nitrogens with zero attached hydrogens (tertiary/aromatic N) is 8. The zero-order chi connectivity index (χ0) is 25.2. The van der Waals surface area contributed by atoms with Crippen LogP contribution in [0.3, 0.4) is 0 Å². The molecule has 0 atom stereocenters. The summed E-state index contributed by atoms with van der Waals surface area (Å²) in [5.41, 5.74) is 4.21. The summed E-state index contributed by atoms with van der Waals surface area (Å²) in [6.45, 7) is 10.0. The van der Waals surface area contributed by atoms with E-state index in [1.807, 2.05) is 15.6 Å². The third-order valence-electron chi connectivity index (χ3n) is 7.06. The fraction of sp³-hybridized carbons (Fsp3) is 0.296. The van der Waals surface area contributed by atoms with Crippen LogP contribution in [0.1, 0.15) is 11.4 Å². The van der Waals surface area contributed by atoms with Gasteiger partial charge in [-0.15, -0.1) is 0 Å². The smallest absolute Gasteiger partial charge is 0.246 e. The average molecular weight is 496 g/mol. The van der Waals surface area contributed by atoms with Crippen LogP contribution in [-0.2, 0) is 24.4 Å². The summed E-state index contributed by atoms with van der Waals surface area (Å²) in [7, 11) is 0. The Balaban J connectivity index is 1.14. The molecule has 6 rings (SSSR count). The van der Waals surface area contributed by atoms with Crippen molar-refractivity contribution in [2.45, 2.75) is 19.6 Å². The van der Waals surface area contributed by atoms with E-state index >= 15 is 0 Å². The Labute approximate surface area is 215 Å². The molecule has 0 aliphatic carbocycles. The summed E-state index contributed by atoms with van der Waals surface area (Å²) in [4.78, 5) is 31.8. The lowest BCUT2D eigenvalue weighted by Gasteiger charge is -2.35. The van der Waals surface area contributed by atoms with Crippen molar-refractivity contribution < 1.29 is 4.79 Å². The maximum absolute atomic E-state index is 11.9. The van der Waals surface area contributed by atoms with Gasteiger partial charge in [0.05, 0.1) is 18.6 Å². The van der Waals surface area contributed by atoms with Crippen molar-refractivity contribution in [2.24, 2.45) is 0 Å². The summed E-state index contributed by atoms with van der Waals surface area (Å²) in [6, 6.07) is 14.7. The molecule has 188 valence electrons. The Hall–Kier alpha value is -4.31. The molecule has 0 saturated carbocycles. The SMILES string of the molecule is C=CC(=O)N1CCN(c2ccc3ncnc(Nc4ccc(CN5CCn6ncnc6C5)cc4)c3c2)CC1. The lowest BCUT2D eigenvalue weighted by atomic mass is 10.1. The molecule has 37 heavy (non-hydrogen) atoms. The lowest BCUT2D eigenvalue weighted by molar-refractivity contribution is -0.126. The number of nitrogens with one attached hydrogen (secondary N) is 1. The number of fused-ring (bicyclic) bond motifs is 2. The number of amides is 1. The third kappa shape index (κ3) is 4.88. The van der Waals surface area contributed by atoms with Gasteiger partial charge in [0.2, 0.25) is 5.91 Å². The number of benzene rings is 2. The Morgan fingerprint density at radius 1 is 0.946 bits per heavy atom. The summed E-state index contributed by atoms with van der Waals surface area (Å²) in [5, 5.41) is 8.70. The minimum absolute atomic E-state index is 0.00976. The van der Waals surface area contributed by atoms with Gasteiger partial charge in [-0.2, -0.15) is 5.10 Å². The van der Waals surface area contributed by atoms with Gasteiger partial charge in [-0.25, -0.2) is 19.6 Å². The summed E-state index contributed by atoms with van der Waals surface area (Å²) < 4.78 is 1.98. The van der Waals surface area contributed by atoms with Crippen molar-refractivity contribution >= 4 is 34.0 Å². The molecule has 10 heteroatoms. The van der Waals surface area contributed by atoms with Crippen LogP contribution in [0.25, 0.3) is 10.9 Å². The zero-order valence-electron chi connectivity index (χ0n) is 20.6. The summed E-state index contributed by atoms with van der Waals surface area (Å²) in [5.74, 6) is 1.78. The van der Waals surface area contributed by atoms with E-state index in [4.69, 9.17) is 0 Å². The largest absolute Gasteiger partial charge is 0.368 e. The van der Waals surface area contributed by atoms with Crippen LogP contribution in [0.5, 0.6) is 0 Å². The Morgan fingerprint density at radius 2 is 1.78 bits per heavy atom. The van der Waals surface area contributed by atoms with Crippen LogP contribution in [0, 0.1) is 0 Å². The lowest BCUT2D eigenvalue weighted by Crippen LogP contribution is -2.48. The predicted molar refractivity (Wildman–Crippen MR) is 142 cm³/mol. The first-order valence-electron chi connectivity index (χ1n) is 12.5. The van der Waals surface area contributed by atoms with Crippen molar-refractivity contribution in [3.05, 3.63) is 79.2 Å². The molecule has 1 fully saturated rings. The van der Waals surface area contributed by atoms with Gasteiger partial charge in [0.1, 0.15) is 24.3 Å². The molecule has 1 amide bonds. The van der Waals surface area contributed by atoms with Gasteiger partial charge in [-0.3, -0.25) is 9.69 Å². The molecular weight excluding hydrogens is 466 g/mol. The molecule has 2 aromatic heterocycles. The first-order chi connectivity index (χ1) is 18.2. The summed E-state index contributed by atoms with van der Waals surface area (Å²) >= 11 is 0. The molecular formula is C27H29N9O. The summed E-state index contributed by atoms with van der Waals surface area (Å²) in [6.07, 6.45) is 4.60. The number of anilines is 3. The highest BCUT2D eigenvalue weighted by atomic mass is 16.2. The first kappa shape index (κ1) is 23.1. The monoisotopic (exact) mass is 495 g/mol. The Kier molecular flexibility index (Phi) is 6.23. The standard InChI is InChI=1S/C27H29N9O/c1-2-26(37)35-12-10-34(11-13-35)22-7-8-24-23(15-22)27(30-18-28-24)32-21-5-3-20(4-6-21)16-33-9-14-36-25(17-33)29-19-31-36/h2-8,15,18-19H,1,9-14,16-17H2,(H,28,30,32). The van der Waals surface area contributed by atoms with Crippen LogP contribution >= 0.6 is 0 Å². The van der Waals surface area contributed by atoms with Gasteiger partial charge in [0, 0.05) is 56.0 Å². The first-order valence-corrected chi connectivity index (χ1v) is 12.5. The van der Waals surface area contributed by atoms with Gasteiger partial charge in [-0.05, 0) is 42.0 Å². The van der Waals surface area contributed by atoms with Crippen LogP contribution in [0.2, 0.25) is 0 Å². The topological polar surface area (TPSA) is 95.3 Å². The Morgan fingerprint density at radius 3 is 2.59 bits per heavy atom. The van der Waals surface area contributed by atoms with Gasteiger partial charge < -0.3 is 15.1 Å². The second kappa shape index (κ2) is 9.98. The number of piperazine rings is 1. The fourth-order valence-electron chi connectivity index (χ4n) is 4.99. The molecule has 1 saturated heterocycles. The molecule has 2 aromatic carbocycles. The van der Waals surface area contributed by atoms with Gasteiger partial charge >= 0.3 is 0 Å².